The second-order valence-electron chi connectivity index (χ2n) is 18.8. The average Bonchev–Trinajstić information content (AvgIpc) is 3.62. The van der Waals surface area contributed by atoms with Gasteiger partial charge < -0.3 is 0 Å². The average molecular weight is 787 g/mol. The van der Waals surface area contributed by atoms with Gasteiger partial charge in [0.15, 0.2) is 0 Å². The first kappa shape index (κ1) is 39.2. The summed E-state index contributed by atoms with van der Waals surface area (Å²) in [6, 6.07) is 19.9. The number of rotatable bonds is 4. The van der Waals surface area contributed by atoms with E-state index in [2.05, 4.69) is 154 Å². The van der Waals surface area contributed by atoms with Crippen molar-refractivity contribution in [2.45, 2.75) is 115 Å². The zero-order valence-corrected chi connectivity index (χ0v) is 36.8. The zero-order chi connectivity index (χ0) is 34.8. The van der Waals surface area contributed by atoms with E-state index in [0.29, 0.717) is 9.54 Å². The third kappa shape index (κ3) is 5.67. The predicted octanol–water partition coefficient (Wildman–Crippen LogP) is 13.4. The number of fused-ring (bicyclic) bond motifs is 5. The van der Waals surface area contributed by atoms with E-state index in [-0.39, 0.29) is 41.1 Å². The first-order valence-corrected chi connectivity index (χ1v) is 26.6. The third-order valence-electron chi connectivity index (χ3n) is 13.4. The van der Waals surface area contributed by atoms with Crippen LogP contribution in [0.3, 0.4) is 0 Å². The molecule has 0 N–H and O–H groups in total. The molecule has 0 saturated heterocycles. The van der Waals surface area contributed by atoms with Crippen LogP contribution in [0.2, 0.25) is 8.26 Å². The van der Waals surface area contributed by atoms with Crippen LogP contribution in [0.1, 0.15) is 121 Å². The molecule has 0 aliphatic heterocycles. The Bertz CT molecular complexity index is 2090. The molecule has 0 nitrogen and oxygen atoms in total. The van der Waals surface area contributed by atoms with Crippen LogP contribution in [0.4, 0.5) is 0 Å². The molecule has 4 aliphatic rings. The Morgan fingerprint density at radius 2 is 1.34 bits per heavy atom. The van der Waals surface area contributed by atoms with E-state index in [9.17, 15) is 0 Å². The van der Waals surface area contributed by atoms with Crippen LogP contribution in [-0.4, -0.2) is 4.21 Å². The van der Waals surface area contributed by atoms with Gasteiger partial charge in [-0.3, -0.25) is 0 Å². The number of hydrogen-bond donors (Lipinski definition) is 0. The van der Waals surface area contributed by atoms with Gasteiger partial charge in [-0.2, -0.15) is 0 Å². The summed E-state index contributed by atoms with van der Waals surface area (Å²) in [6.07, 6.45) is 13.7. The van der Waals surface area contributed by atoms with Crippen molar-refractivity contribution in [3.05, 3.63) is 121 Å². The van der Waals surface area contributed by atoms with Gasteiger partial charge in [0.25, 0.3) is 0 Å². The molecule has 3 heteroatoms. The minimum absolute atomic E-state index is 0. The predicted molar refractivity (Wildman–Crippen MR) is 224 cm³/mol. The molecule has 2 atom stereocenters. The van der Waals surface area contributed by atoms with Gasteiger partial charge in [-0.15, -0.1) is 24.8 Å². The third-order valence-corrected chi connectivity index (χ3v) is 29.8. The van der Waals surface area contributed by atoms with Gasteiger partial charge in [0, 0.05) is 0 Å². The van der Waals surface area contributed by atoms with Crippen LogP contribution < -0.4 is 3.27 Å². The Hall–Kier alpha value is -2.05. The van der Waals surface area contributed by atoms with Crippen LogP contribution in [0.15, 0.2) is 81.7 Å². The molecule has 2 unspecified atom stereocenters. The molecule has 0 radical (unpaired) electrons. The van der Waals surface area contributed by atoms with E-state index in [0.717, 1.165) is 19.3 Å². The van der Waals surface area contributed by atoms with Gasteiger partial charge in [0.05, 0.1) is 0 Å². The quantitative estimate of drug-likeness (QED) is 0.193. The van der Waals surface area contributed by atoms with Crippen molar-refractivity contribution in [1.29, 1.82) is 0 Å². The molecule has 0 heterocycles. The molecule has 0 aromatic heterocycles. The Kier molecular flexibility index (Phi) is 9.82. The summed E-state index contributed by atoms with van der Waals surface area (Å²) >= 11 is -4.33. The van der Waals surface area contributed by atoms with Crippen molar-refractivity contribution in [2.24, 2.45) is 11.3 Å². The molecule has 3 aromatic carbocycles. The molecule has 0 fully saturated rings. The molecular weight excluding hydrogens is 727 g/mol. The fraction of sp³-hybridized carbons (Fsp3) is 0.426. The Labute approximate surface area is 317 Å². The fourth-order valence-corrected chi connectivity index (χ4v) is 27.1. The molecule has 0 amide bonds. The van der Waals surface area contributed by atoms with Crippen molar-refractivity contribution in [1.82, 2.24) is 0 Å². The molecule has 0 spiro atoms. The summed E-state index contributed by atoms with van der Waals surface area (Å²) in [5.41, 5.74) is 17.7. The van der Waals surface area contributed by atoms with E-state index in [4.69, 9.17) is 4.21 Å². The minimum atomic E-state index is -4.33. The normalized spacial score (nSPS) is 21.6. The number of aryl methyl sites for hydroxylation is 1. The van der Waals surface area contributed by atoms with E-state index in [1.807, 2.05) is 0 Å². The number of allylic oxidation sites excluding steroid dienone is 8. The van der Waals surface area contributed by atoms with Gasteiger partial charge in [-0.25, -0.2) is 0 Å². The van der Waals surface area contributed by atoms with Gasteiger partial charge in [0.1, 0.15) is 0 Å². The van der Waals surface area contributed by atoms with Crippen molar-refractivity contribution in [2.75, 3.05) is 0 Å². The molecule has 0 bridgehead atoms. The van der Waals surface area contributed by atoms with E-state index >= 15 is 0 Å². The summed E-state index contributed by atoms with van der Waals surface area (Å²) in [7, 11) is 0. The molecule has 3 aromatic rings. The summed E-state index contributed by atoms with van der Waals surface area (Å²) in [4.78, 5) is 0. The number of benzene rings is 3. The van der Waals surface area contributed by atoms with Crippen molar-refractivity contribution in [3.63, 3.8) is 0 Å². The van der Waals surface area contributed by atoms with E-state index in [1.165, 1.54) is 70.1 Å². The summed E-state index contributed by atoms with van der Waals surface area (Å²) in [5.74, 6) is 0.446. The molecule has 7 rings (SSSR count). The van der Waals surface area contributed by atoms with Crippen LogP contribution in [0, 0.1) is 18.3 Å². The zero-order valence-electron chi connectivity index (χ0n) is 32.7. The van der Waals surface area contributed by atoms with Gasteiger partial charge in [-0.05, 0) is 0 Å². The summed E-state index contributed by atoms with van der Waals surface area (Å²) in [5, 5.41) is 0. The Morgan fingerprint density at radius 1 is 0.780 bits per heavy atom. The van der Waals surface area contributed by atoms with Crippen LogP contribution in [-0.2, 0) is 35.5 Å². The van der Waals surface area contributed by atoms with E-state index < -0.39 is 18.3 Å². The van der Waals surface area contributed by atoms with Gasteiger partial charge in [0.2, 0.25) is 0 Å². The molecule has 0 saturated carbocycles. The van der Waals surface area contributed by atoms with Crippen LogP contribution >= 0.6 is 24.8 Å². The van der Waals surface area contributed by atoms with Crippen LogP contribution in [0.5, 0.6) is 0 Å². The Morgan fingerprint density at radius 3 is 1.90 bits per heavy atom. The first-order chi connectivity index (χ1) is 22.3. The fourth-order valence-electron chi connectivity index (χ4n) is 10.3. The first-order valence-electron chi connectivity index (χ1n) is 18.5. The topological polar surface area (TPSA) is 0 Å². The van der Waals surface area contributed by atoms with Gasteiger partial charge >= 0.3 is 295 Å². The second kappa shape index (κ2) is 12.5. The second-order valence-corrected chi connectivity index (χ2v) is 33.5. The summed E-state index contributed by atoms with van der Waals surface area (Å²) in [6.45, 7) is 26.3. The van der Waals surface area contributed by atoms with Crippen LogP contribution in [0.25, 0.3) is 22.3 Å². The Balaban J connectivity index is 0.00000243. The van der Waals surface area contributed by atoms with E-state index in [1.54, 1.807) is 3.28 Å². The maximum atomic E-state index is 5.65. The molecular formula is C47H60Cl2Zr. The number of hydrogen-bond acceptors (Lipinski definition) is 0. The standard InChI is InChI=1S/C27H29.C11H17.C7H7.CH3.CH2.2ClH.Zr/c1-16-7-9-26(3,4)24-12-18-11-19-13-25-21(17(2)8-10-27(25,5)6)15-23(19)22(18)14-20(16)24;1-5-9-6-7-10(8-9)11(2,3)4;1-7-5-3-2-4-6-7;;;;;/h7-9,12-15H,10-11H2,1-6H3;7-9H,5H2,1-4H3;3-6H,1H3;1H3;1H2;2*1H;. The number of halogens is 2. The SMILES string of the molecule is Cl.Cl.[CH2]=[Zr]([CH3])([C]1=CC(C(C)(C)C)=CC1CC)([c]1ccc(C)cc1)[CH]1C=C(C)c2cc3c(cc2C1(C)C)Cc1cc2c(cc1-3)C(C)=CCC2(C)C. The molecule has 50 heavy (non-hydrogen) atoms. The maximum absolute atomic E-state index is 5.65. The van der Waals surface area contributed by atoms with Crippen molar-refractivity contribution < 1.29 is 18.3 Å². The molecule has 266 valence electrons. The van der Waals surface area contributed by atoms with Gasteiger partial charge in [-0.1, -0.05) is 0 Å². The molecule has 4 aliphatic carbocycles. The van der Waals surface area contributed by atoms with Crippen molar-refractivity contribution >= 4 is 43.4 Å². The van der Waals surface area contributed by atoms with Crippen molar-refractivity contribution in [3.8, 4) is 11.1 Å². The summed E-state index contributed by atoms with van der Waals surface area (Å²) < 4.78 is 11.9. The monoisotopic (exact) mass is 784 g/mol.